The minimum atomic E-state index is 0. The van der Waals surface area contributed by atoms with E-state index in [4.69, 9.17) is 0 Å². The molecule has 0 atom stereocenters. The quantitative estimate of drug-likeness (QED) is 0.449. The first-order valence-corrected chi connectivity index (χ1v) is 0. The molecule has 0 aliphatic heterocycles. The van der Waals surface area contributed by atoms with Crippen molar-refractivity contribution in [3.8, 4) is 0 Å². The summed E-state index contributed by atoms with van der Waals surface area (Å²) in [6.45, 7) is 0. The van der Waals surface area contributed by atoms with E-state index in [1.54, 1.807) is 0 Å². The Hall–Kier alpha value is 3.74. The molecule has 0 heterocycles. The molecule has 0 aliphatic carbocycles. The molecule has 0 fully saturated rings. The second-order valence-corrected chi connectivity index (χ2v) is 0. The Balaban J connectivity index is 0. The summed E-state index contributed by atoms with van der Waals surface area (Å²) in [5.74, 6) is 0. The van der Waals surface area contributed by atoms with E-state index in [-0.39, 0.29) is 114 Å². The predicted molar refractivity (Wildman–Crippen MR) is 18.5 cm³/mol. The van der Waals surface area contributed by atoms with Gasteiger partial charge in [-0.25, -0.2) is 0 Å². The van der Waals surface area contributed by atoms with Crippen LogP contribution in [0.3, 0.4) is 0 Å². The first-order valence-electron chi connectivity index (χ1n) is 0. The third-order valence-corrected chi connectivity index (χ3v) is 0. The second-order valence-electron chi connectivity index (χ2n) is 0. The van der Waals surface area contributed by atoms with Crippen LogP contribution in [0.1, 0.15) is 0 Å². The van der Waals surface area contributed by atoms with Gasteiger partial charge in [-0.1, -0.05) is 0 Å². The molecule has 0 saturated carbocycles. The zero-order valence-corrected chi connectivity index (χ0v) is 3.98. The molecule has 29 valence electrons. The average molecular weight is 295 g/mol. The molecule has 4 heteroatoms. The van der Waals surface area contributed by atoms with Crippen LogP contribution in [0.25, 0.3) is 0 Å². The van der Waals surface area contributed by atoms with E-state index in [9.17, 15) is 0 Å². The summed E-state index contributed by atoms with van der Waals surface area (Å²) in [5.41, 5.74) is 0. The van der Waals surface area contributed by atoms with Crippen molar-refractivity contribution in [2.75, 3.05) is 0 Å². The van der Waals surface area contributed by atoms with Gasteiger partial charge in [-0.05, 0) is 0 Å². The number of rotatable bonds is 0. The van der Waals surface area contributed by atoms with Gasteiger partial charge in [-0.2, -0.15) is 0 Å². The molecule has 0 spiro atoms. The van der Waals surface area contributed by atoms with Gasteiger partial charge in [0.25, 0.3) is 0 Å². The van der Waals surface area contributed by atoms with E-state index in [1.807, 2.05) is 0 Å². The van der Waals surface area contributed by atoms with E-state index in [0.717, 1.165) is 0 Å². The predicted octanol–water partition coefficient (Wildman–Crippen LogP) is -2.10. The smallest absolute Gasteiger partial charge is 0 e. The van der Waals surface area contributed by atoms with Gasteiger partial charge < -0.3 is 0 Å². The van der Waals surface area contributed by atoms with Gasteiger partial charge in [0.2, 0.25) is 0 Å². The maximum Gasteiger partial charge on any atom is 0 e. The molecule has 0 amide bonds. The van der Waals surface area contributed by atoms with Crippen LogP contribution >= 0.6 is 0 Å². The molecule has 0 aromatic rings. The average Bonchev–Trinajstić information content (AvgIpc) is 0. The van der Waals surface area contributed by atoms with Crippen molar-refractivity contribution in [1.82, 2.24) is 0 Å². The Labute approximate surface area is 111 Å². The van der Waals surface area contributed by atoms with E-state index in [1.165, 1.54) is 0 Å². The van der Waals surface area contributed by atoms with E-state index < -0.39 is 0 Å². The molecule has 0 aliphatic rings. The van der Waals surface area contributed by atoms with Gasteiger partial charge in [-0.3, -0.25) is 0 Å². The van der Waals surface area contributed by atoms with E-state index in [2.05, 4.69) is 0 Å². The molecule has 0 unspecified atom stereocenters. The Morgan fingerprint density at radius 2 is 1.00 bits per heavy atom. The molecule has 0 aromatic heterocycles. The van der Waals surface area contributed by atoms with E-state index >= 15 is 0 Å². The number of hydrogen-bond donors (Lipinski definition) is 0. The van der Waals surface area contributed by atoms with Crippen molar-refractivity contribution < 1.29 is 58.6 Å². The summed E-state index contributed by atoms with van der Waals surface area (Å²) < 4.78 is 0. The third kappa shape index (κ3) is 9.22. The molecular weight excluding hydrogens is 290 g/mol. The minimum Gasteiger partial charge on any atom is 0 e. The topological polar surface area (TPSA) is 0 Å². The fourth-order valence-corrected chi connectivity index (χ4v) is 0. The summed E-state index contributed by atoms with van der Waals surface area (Å²) in [6, 6.07) is 0. The Morgan fingerprint density at radius 1 is 1.00 bits per heavy atom. The maximum absolute atomic E-state index is 0. The van der Waals surface area contributed by atoms with Crippen LogP contribution in [0.2, 0.25) is 0 Å². The molecule has 4 heavy (non-hydrogen) atoms. The van der Waals surface area contributed by atoms with E-state index in [0.29, 0.717) is 0 Å². The van der Waals surface area contributed by atoms with Gasteiger partial charge in [0.15, 0.2) is 17.4 Å². The summed E-state index contributed by atoms with van der Waals surface area (Å²) in [5, 5.41) is 0. The van der Waals surface area contributed by atoms with Gasteiger partial charge in [0.05, 0.1) is 0 Å². The van der Waals surface area contributed by atoms with Crippen LogP contribution in [-0.2, 0) is 21.7 Å². The molecule has 0 aromatic carbocycles. The first-order chi connectivity index (χ1) is 0. The van der Waals surface area contributed by atoms with Crippen LogP contribution in [0.5, 0.6) is 0 Å². The van der Waals surface area contributed by atoms with Crippen LogP contribution in [0.15, 0.2) is 0 Å². The molecule has 0 saturated heterocycles. The molecule has 0 bridgehead atoms. The van der Waals surface area contributed by atoms with Crippen LogP contribution in [-0.4, -0.2) is 55.1 Å². The van der Waals surface area contributed by atoms with Crippen molar-refractivity contribution in [3.05, 3.63) is 0 Å². The van der Waals surface area contributed by atoms with Crippen molar-refractivity contribution in [1.29, 1.82) is 0 Å². The SMILES string of the molecule is [AlH3].[CaH2].[Lu].[Ti]. The Morgan fingerprint density at radius 3 is 1.00 bits per heavy atom. The summed E-state index contributed by atoms with van der Waals surface area (Å²) in [7, 11) is 0. The van der Waals surface area contributed by atoms with Crippen molar-refractivity contribution in [3.63, 3.8) is 0 Å². The van der Waals surface area contributed by atoms with Crippen molar-refractivity contribution in [2.45, 2.75) is 0 Å². The van der Waals surface area contributed by atoms with Gasteiger partial charge in [-0.15, -0.1) is 0 Å². The first kappa shape index (κ1) is 25.1. The molecular formula is H5AlCaLuTi. The molecule has 1 radical (unpaired) electrons. The Bertz CT molecular complexity index is 8.00. The minimum absolute atomic E-state index is 0. The van der Waals surface area contributed by atoms with Gasteiger partial charge in [0.1, 0.15) is 0 Å². The zero-order chi connectivity index (χ0) is 0. The van der Waals surface area contributed by atoms with Crippen molar-refractivity contribution >= 4 is 55.1 Å². The van der Waals surface area contributed by atoms with Crippen LogP contribution in [0.4, 0.5) is 0 Å². The third-order valence-electron chi connectivity index (χ3n) is 0. The van der Waals surface area contributed by atoms with Crippen LogP contribution < -0.4 is 0 Å². The molecule has 0 N–H and O–H groups in total. The normalized spacial score (nSPS) is 0. The van der Waals surface area contributed by atoms with Crippen molar-refractivity contribution in [2.24, 2.45) is 0 Å². The Kier molecular flexibility index (Phi) is 99.8. The fourth-order valence-electron chi connectivity index (χ4n) is 0. The second kappa shape index (κ2) is 15.9. The standard InChI is InChI=1S/Al.Ca.Lu.Ti.5H. The maximum atomic E-state index is 0. The monoisotopic (exact) mass is 295 g/mol. The summed E-state index contributed by atoms with van der Waals surface area (Å²) >= 11 is 0. The zero-order valence-electron chi connectivity index (χ0n) is 0.758. The van der Waals surface area contributed by atoms with Gasteiger partial charge in [0, 0.05) is 58.6 Å². The largest absolute Gasteiger partial charge is 0 e. The van der Waals surface area contributed by atoms with Gasteiger partial charge >= 0.3 is 37.7 Å². The molecule has 0 rings (SSSR count). The fraction of sp³-hybridized carbons (Fsp3) is 0. The molecule has 0 nitrogen and oxygen atoms in total. The van der Waals surface area contributed by atoms with Crippen LogP contribution in [0, 0.1) is 36.9 Å². The number of hydrogen-bond acceptors (Lipinski definition) is 0. The summed E-state index contributed by atoms with van der Waals surface area (Å²) in [4.78, 5) is 0. The summed E-state index contributed by atoms with van der Waals surface area (Å²) in [6.07, 6.45) is 0.